The van der Waals surface area contributed by atoms with Crippen LogP contribution in [-0.4, -0.2) is 17.5 Å². The summed E-state index contributed by atoms with van der Waals surface area (Å²) in [4.78, 5) is 18.5. The monoisotopic (exact) mass is 364 g/mol. The molecule has 0 fully saturated rings. The molecule has 0 saturated carbocycles. The van der Waals surface area contributed by atoms with E-state index in [2.05, 4.69) is 4.98 Å². The molecule has 1 amide bonds. The minimum atomic E-state index is -0.0699. The fraction of sp³-hybridized carbons (Fsp3) is 0.143. The van der Waals surface area contributed by atoms with Crippen molar-refractivity contribution in [2.75, 3.05) is 11.5 Å². The fourth-order valence-electron chi connectivity index (χ4n) is 3.10. The highest BCUT2D eigenvalue weighted by molar-refractivity contribution is 6.35. The molecule has 0 spiro atoms. The second-order valence-corrected chi connectivity index (χ2v) is 6.52. The Morgan fingerprint density at radius 3 is 2.69 bits per heavy atom. The molecule has 1 aromatic heterocycles. The van der Waals surface area contributed by atoms with E-state index in [-0.39, 0.29) is 5.91 Å². The number of amides is 1. The van der Waals surface area contributed by atoms with Gasteiger partial charge in [-0.1, -0.05) is 29.8 Å². The Labute approximate surface area is 157 Å². The third kappa shape index (κ3) is 3.28. The first kappa shape index (κ1) is 16.6. The molecule has 0 radical (unpaired) electrons. The quantitative estimate of drug-likeness (QED) is 0.668. The summed E-state index contributed by atoms with van der Waals surface area (Å²) in [7, 11) is 0. The SMILES string of the molecule is O=C1c2c(Cl)cccc2CN1c1cccc(OCCc2ccncc2)c1. The topological polar surface area (TPSA) is 42.4 Å². The van der Waals surface area contributed by atoms with Crippen molar-refractivity contribution in [3.05, 3.63) is 88.7 Å². The lowest BCUT2D eigenvalue weighted by atomic mass is 10.1. The molecule has 3 aromatic rings. The van der Waals surface area contributed by atoms with Crippen molar-refractivity contribution in [1.82, 2.24) is 4.98 Å². The minimum absolute atomic E-state index is 0.0699. The first-order valence-corrected chi connectivity index (χ1v) is 8.81. The second kappa shape index (κ2) is 7.18. The van der Waals surface area contributed by atoms with Crippen molar-refractivity contribution in [3.8, 4) is 5.75 Å². The Hall–Kier alpha value is -2.85. The molecule has 26 heavy (non-hydrogen) atoms. The van der Waals surface area contributed by atoms with Gasteiger partial charge in [-0.05, 0) is 41.5 Å². The van der Waals surface area contributed by atoms with E-state index in [9.17, 15) is 4.79 Å². The molecule has 2 aromatic carbocycles. The zero-order valence-electron chi connectivity index (χ0n) is 14.1. The zero-order chi connectivity index (χ0) is 17.9. The molecule has 0 N–H and O–H groups in total. The van der Waals surface area contributed by atoms with E-state index in [0.717, 1.165) is 23.4 Å². The number of halogens is 1. The summed E-state index contributed by atoms with van der Waals surface area (Å²) in [5.74, 6) is 0.672. The van der Waals surface area contributed by atoms with E-state index in [1.807, 2.05) is 48.5 Å². The van der Waals surface area contributed by atoms with Crippen LogP contribution < -0.4 is 9.64 Å². The molecule has 0 bridgehead atoms. The number of rotatable bonds is 5. The van der Waals surface area contributed by atoms with Gasteiger partial charge in [-0.2, -0.15) is 0 Å². The maximum Gasteiger partial charge on any atom is 0.260 e. The van der Waals surface area contributed by atoms with Crippen LogP contribution in [0.4, 0.5) is 5.69 Å². The molecule has 0 aliphatic carbocycles. The van der Waals surface area contributed by atoms with Gasteiger partial charge in [0, 0.05) is 30.6 Å². The van der Waals surface area contributed by atoms with Crippen LogP contribution in [0, 0.1) is 0 Å². The normalized spacial score (nSPS) is 13.0. The summed E-state index contributed by atoms with van der Waals surface area (Å²) < 4.78 is 5.86. The predicted octanol–water partition coefficient (Wildman–Crippen LogP) is 4.52. The molecule has 1 aliphatic heterocycles. The average molecular weight is 365 g/mol. The Balaban J connectivity index is 1.47. The highest BCUT2D eigenvalue weighted by Crippen LogP contribution is 2.33. The maximum atomic E-state index is 12.7. The number of nitrogens with zero attached hydrogens (tertiary/aromatic N) is 2. The van der Waals surface area contributed by atoms with E-state index >= 15 is 0 Å². The number of anilines is 1. The van der Waals surface area contributed by atoms with Crippen LogP contribution in [0.15, 0.2) is 67.0 Å². The number of carbonyl (C=O) groups excluding carboxylic acids is 1. The molecule has 1 aliphatic rings. The van der Waals surface area contributed by atoms with Crippen molar-refractivity contribution < 1.29 is 9.53 Å². The van der Waals surface area contributed by atoms with Crippen LogP contribution in [0.25, 0.3) is 0 Å². The van der Waals surface area contributed by atoms with Crippen LogP contribution in [0.2, 0.25) is 5.02 Å². The highest BCUT2D eigenvalue weighted by Gasteiger charge is 2.30. The van der Waals surface area contributed by atoms with Gasteiger partial charge in [0.2, 0.25) is 0 Å². The van der Waals surface area contributed by atoms with E-state index in [0.29, 0.717) is 23.7 Å². The summed E-state index contributed by atoms with van der Waals surface area (Å²) >= 11 is 6.20. The lowest BCUT2D eigenvalue weighted by Gasteiger charge is -2.17. The van der Waals surface area contributed by atoms with Gasteiger partial charge >= 0.3 is 0 Å². The smallest absolute Gasteiger partial charge is 0.260 e. The number of fused-ring (bicyclic) bond motifs is 1. The van der Waals surface area contributed by atoms with Gasteiger partial charge in [-0.25, -0.2) is 0 Å². The summed E-state index contributed by atoms with van der Waals surface area (Å²) in [6.45, 7) is 1.09. The summed E-state index contributed by atoms with van der Waals surface area (Å²) in [5.41, 5.74) is 3.53. The van der Waals surface area contributed by atoms with E-state index in [1.165, 1.54) is 5.56 Å². The lowest BCUT2D eigenvalue weighted by Crippen LogP contribution is -2.23. The number of aromatic nitrogens is 1. The molecule has 4 nitrogen and oxygen atoms in total. The van der Waals surface area contributed by atoms with Crippen LogP contribution >= 0.6 is 11.6 Å². The number of hydrogen-bond donors (Lipinski definition) is 0. The third-order valence-electron chi connectivity index (χ3n) is 4.43. The van der Waals surface area contributed by atoms with Crippen LogP contribution in [-0.2, 0) is 13.0 Å². The van der Waals surface area contributed by atoms with Gasteiger partial charge in [0.25, 0.3) is 5.91 Å². The summed E-state index contributed by atoms with van der Waals surface area (Å²) in [6.07, 6.45) is 4.35. The number of hydrogen-bond acceptors (Lipinski definition) is 3. The average Bonchev–Trinajstić information content (AvgIpc) is 3.01. The number of benzene rings is 2. The van der Waals surface area contributed by atoms with Crippen molar-refractivity contribution in [3.63, 3.8) is 0 Å². The van der Waals surface area contributed by atoms with Crippen LogP contribution in [0.1, 0.15) is 21.5 Å². The number of pyridine rings is 1. The van der Waals surface area contributed by atoms with Gasteiger partial charge in [0.15, 0.2) is 0 Å². The molecule has 2 heterocycles. The highest BCUT2D eigenvalue weighted by atomic mass is 35.5. The third-order valence-corrected chi connectivity index (χ3v) is 4.74. The maximum absolute atomic E-state index is 12.7. The zero-order valence-corrected chi connectivity index (χ0v) is 14.8. The molecular formula is C21H17ClN2O2. The summed E-state index contributed by atoms with van der Waals surface area (Å²) in [5, 5.41) is 0.500. The van der Waals surface area contributed by atoms with Crippen LogP contribution in [0.3, 0.4) is 0 Å². The van der Waals surface area contributed by atoms with Gasteiger partial charge in [0.05, 0.1) is 23.7 Å². The van der Waals surface area contributed by atoms with Crippen molar-refractivity contribution in [1.29, 1.82) is 0 Å². The van der Waals surface area contributed by atoms with E-state index in [4.69, 9.17) is 16.3 Å². The first-order chi connectivity index (χ1) is 12.7. The van der Waals surface area contributed by atoms with Crippen molar-refractivity contribution in [2.24, 2.45) is 0 Å². The molecule has 0 unspecified atom stereocenters. The van der Waals surface area contributed by atoms with Crippen molar-refractivity contribution in [2.45, 2.75) is 13.0 Å². The van der Waals surface area contributed by atoms with Crippen LogP contribution in [0.5, 0.6) is 5.75 Å². The second-order valence-electron chi connectivity index (χ2n) is 6.12. The van der Waals surface area contributed by atoms with Crippen molar-refractivity contribution >= 4 is 23.2 Å². The summed E-state index contributed by atoms with van der Waals surface area (Å²) in [6, 6.07) is 17.1. The molecule has 5 heteroatoms. The van der Waals surface area contributed by atoms with E-state index < -0.39 is 0 Å². The Kier molecular flexibility index (Phi) is 4.59. The van der Waals surface area contributed by atoms with Gasteiger partial charge in [-0.15, -0.1) is 0 Å². The molecule has 0 saturated heterocycles. The minimum Gasteiger partial charge on any atom is -0.493 e. The lowest BCUT2D eigenvalue weighted by molar-refractivity contribution is 0.0997. The van der Waals surface area contributed by atoms with Gasteiger partial charge in [0.1, 0.15) is 5.75 Å². The molecule has 0 atom stereocenters. The van der Waals surface area contributed by atoms with Gasteiger partial charge < -0.3 is 9.64 Å². The predicted molar refractivity (Wildman–Crippen MR) is 102 cm³/mol. The first-order valence-electron chi connectivity index (χ1n) is 8.43. The molecule has 130 valence electrons. The number of carbonyl (C=O) groups is 1. The Morgan fingerprint density at radius 1 is 1.08 bits per heavy atom. The molecular weight excluding hydrogens is 348 g/mol. The molecule has 4 rings (SSSR count). The largest absolute Gasteiger partial charge is 0.493 e. The Morgan fingerprint density at radius 2 is 1.88 bits per heavy atom. The Bertz CT molecular complexity index is 944. The number of ether oxygens (including phenoxy) is 1. The van der Waals surface area contributed by atoms with E-state index in [1.54, 1.807) is 23.4 Å². The fourth-order valence-corrected chi connectivity index (χ4v) is 3.38. The van der Waals surface area contributed by atoms with Gasteiger partial charge in [-0.3, -0.25) is 9.78 Å². The standard InChI is InChI=1S/C21H17ClN2O2/c22-19-6-1-3-16-14-24(21(25)20(16)19)17-4-2-5-18(13-17)26-12-9-15-7-10-23-11-8-15/h1-8,10-11,13H,9,12,14H2.